The summed E-state index contributed by atoms with van der Waals surface area (Å²) in [6, 6.07) is 5.62. The van der Waals surface area contributed by atoms with Gasteiger partial charge in [-0.15, -0.1) is 0 Å². The summed E-state index contributed by atoms with van der Waals surface area (Å²) in [6.45, 7) is 3.76. The summed E-state index contributed by atoms with van der Waals surface area (Å²) in [5, 5.41) is 0.309. The molecule has 4 heteroatoms. The molecule has 2 aromatic rings. The third kappa shape index (κ3) is 2.21. The van der Waals surface area contributed by atoms with E-state index in [0.717, 1.165) is 11.3 Å². The van der Waals surface area contributed by atoms with Gasteiger partial charge in [0.05, 0.1) is 6.04 Å². The highest BCUT2D eigenvalue weighted by molar-refractivity contribution is 6.31. The Morgan fingerprint density at radius 1 is 1.35 bits per heavy atom. The molecule has 1 unspecified atom stereocenters. The summed E-state index contributed by atoms with van der Waals surface area (Å²) in [5.74, 6) is 0.881. The van der Waals surface area contributed by atoms with Crippen LogP contribution >= 0.6 is 11.6 Å². The van der Waals surface area contributed by atoms with E-state index in [0.29, 0.717) is 10.8 Å². The van der Waals surface area contributed by atoms with Gasteiger partial charge in [0.15, 0.2) is 0 Å². The predicted octanol–water partition coefficient (Wildman–Crippen LogP) is 3.74. The summed E-state index contributed by atoms with van der Waals surface area (Å²) in [6.07, 6.45) is 0. The van der Waals surface area contributed by atoms with Crippen molar-refractivity contribution in [2.45, 2.75) is 19.9 Å². The van der Waals surface area contributed by atoms with Crippen LogP contribution in [-0.4, -0.2) is 0 Å². The monoisotopic (exact) mass is 253 g/mol. The fourth-order valence-corrected chi connectivity index (χ4v) is 1.99. The first kappa shape index (κ1) is 12.1. The van der Waals surface area contributed by atoms with Gasteiger partial charge in [0.1, 0.15) is 17.3 Å². The molecule has 0 aliphatic heterocycles. The third-order valence-electron chi connectivity index (χ3n) is 2.80. The number of rotatable bonds is 2. The van der Waals surface area contributed by atoms with E-state index >= 15 is 0 Å². The Hall–Kier alpha value is -1.32. The molecule has 1 aromatic carbocycles. The molecular weight excluding hydrogens is 241 g/mol. The molecule has 0 aliphatic carbocycles. The van der Waals surface area contributed by atoms with Gasteiger partial charge in [0, 0.05) is 10.6 Å². The second kappa shape index (κ2) is 4.51. The van der Waals surface area contributed by atoms with Crippen LogP contribution in [0.4, 0.5) is 4.39 Å². The van der Waals surface area contributed by atoms with Crippen LogP contribution < -0.4 is 5.73 Å². The highest BCUT2D eigenvalue weighted by Crippen LogP contribution is 2.30. The average molecular weight is 254 g/mol. The van der Waals surface area contributed by atoms with E-state index in [1.165, 1.54) is 6.07 Å². The van der Waals surface area contributed by atoms with Crippen molar-refractivity contribution in [3.05, 3.63) is 57.8 Å². The highest BCUT2D eigenvalue weighted by Gasteiger charge is 2.20. The second-order valence-electron chi connectivity index (χ2n) is 4.00. The molecule has 0 spiro atoms. The molecule has 0 amide bonds. The molecule has 90 valence electrons. The van der Waals surface area contributed by atoms with E-state index in [9.17, 15) is 4.39 Å². The molecule has 1 atom stereocenters. The molecule has 1 heterocycles. The highest BCUT2D eigenvalue weighted by atomic mass is 35.5. The summed E-state index contributed by atoms with van der Waals surface area (Å²) in [7, 11) is 0. The Morgan fingerprint density at radius 3 is 2.59 bits per heavy atom. The Balaban J connectivity index is 2.47. The molecule has 17 heavy (non-hydrogen) atoms. The lowest BCUT2D eigenvalue weighted by molar-refractivity contribution is 0.458. The molecule has 0 saturated heterocycles. The number of halogens is 2. The minimum Gasteiger partial charge on any atom is -0.464 e. The third-order valence-corrected chi connectivity index (χ3v) is 3.13. The van der Waals surface area contributed by atoms with Crippen molar-refractivity contribution in [1.82, 2.24) is 0 Å². The summed E-state index contributed by atoms with van der Waals surface area (Å²) < 4.78 is 19.2. The molecule has 0 bridgehead atoms. The van der Waals surface area contributed by atoms with Gasteiger partial charge in [-0.05, 0) is 37.6 Å². The van der Waals surface area contributed by atoms with Crippen LogP contribution in [0.2, 0.25) is 5.02 Å². The van der Waals surface area contributed by atoms with Gasteiger partial charge < -0.3 is 10.2 Å². The lowest BCUT2D eigenvalue weighted by Crippen LogP contribution is -2.13. The SMILES string of the molecule is Cc1cc(C(N)c2c(F)cccc2Cl)oc1C. The topological polar surface area (TPSA) is 39.2 Å². The van der Waals surface area contributed by atoms with Crippen LogP contribution in [0.25, 0.3) is 0 Å². The van der Waals surface area contributed by atoms with Crippen molar-refractivity contribution < 1.29 is 8.81 Å². The first-order valence-corrected chi connectivity index (χ1v) is 5.65. The maximum absolute atomic E-state index is 13.7. The molecular formula is C13H13ClFNO. The maximum atomic E-state index is 13.7. The van der Waals surface area contributed by atoms with E-state index in [2.05, 4.69) is 0 Å². The van der Waals surface area contributed by atoms with Gasteiger partial charge in [-0.25, -0.2) is 4.39 Å². The number of benzene rings is 1. The minimum atomic E-state index is -0.684. The van der Waals surface area contributed by atoms with Crippen molar-refractivity contribution in [3.63, 3.8) is 0 Å². The summed E-state index contributed by atoms with van der Waals surface area (Å²) in [4.78, 5) is 0. The molecule has 0 fully saturated rings. The Bertz CT molecular complexity index is 511. The van der Waals surface area contributed by atoms with Crippen LogP contribution in [-0.2, 0) is 0 Å². The van der Waals surface area contributed by atoms with E-state index in [1.807, 2.05) is 19.9 Å². The van der Waals surface area contributed by atoms with E-state index < -0.39 is 11.9 Å². The standard InChI is InChI=1S/C13H13ClFNO/c1-7-6-11(17-8(7)2)13(16)12-9(14)4-3-5-10(12)15/h3-6,13H,16H2,1-2H3. The van der Waals surface area contributed by atoms with Gasteiger partial charge in [-0.2, -0.15) is 0 Å². The van der Waals surface area contributed by atoms with E-state index in [4.69, 9.17) is 21.8 Å². The predicted molar refractivity (Wildman–Crippen MR) is 65.6 cm³/mol. The van der Waals surface area contributed by atoms with Gasteiger partial charge in [0.25, 0.3) is 0 Å². The van der Waals surface area contributed by atoms with E-state index in [1.54, 1.807) is 12.1 Å². The summed E-state index contributed by atoms with van der Waals surface area (Å²) >= 11 is 5.96. The van der Waals surface area contributed by atoms with Gasteiger partial charge in [-0.3, -0.25) is 0 Å². The van der Waals surface area contributed by atoms with Crippen molar-refractivity contribution >= 4 is 11.6 Å². The van der Waals surface area contributed by atoms with Crippen LogP contribution in [0, 0.1) is 19.7 Å². The Morgan fingerprint density at radius 2 is 2.06 bits per heavy atom. The quantitative estimate of drug-likeness (QED) is 0.886. The molecule has 0 radical (unpaired) electrons. The lowest BCUT2D eigenvalue weighted by atomic mass is 10.0. The minimum absolute atomic E-state index is 0.267. The van der Waals surface area contributed by atoms with Crippen molar-refractivity contribution in [2.75, 3.05) is 0 Å². The van der Waals surface area contributed by atoms with Crippen molar-refractivity contribution in [3.8, 4) is 0 Å². The number of aryl methyl sites for hydroxylation is 2. The Labute approximate surface area is 104 Å². The van der Waals surface area contributed by atoms with Gasteiger partial charge in [0.2, 0.25) is 0 Å². The first-order chi connectivity index (χ1) is 8.00. The first-order valence-electron chi connectivity index (χ1n) is 5.27. The molecule has 1 aromatic heterocycles. The fraction of sp³-hybridized carbons (Fsp3) is 0.231. The normalized spacial score (nSPS) is 12.8. The van der Waals surface area contributed by atoms with Crippen molar-refractivity contribution in [2.24, 2.45) is 5.73 Å². The number of nitrogens with two attached hydrogens (primary N) is 1. The smallest absolute Gasteiger partial charge is 0.129 e. The largest absolute Gasteiger partial charge is 0.464 e. The van der Waals surface area contributed by atoms with Crippen LogP contribution in [0.1, 0.15) is 28.7 Å². The van der Waals surface area contributed by atoms with Crippen molar-refractivity contribution in [1.29, 1.82) is 0 Å². The zero-order valence-corrected chi connectivity index (χ0v) is 10.4. The zero-order valence-electron chi connectivity index (χ0n) is 9.63. The van der Waals surface area contributed by atoms with Crippen LogP contribution in [0.15, 0.2) is 28.7 Å². The molecule has 2 nitrogen and oxygen atoms in total. The van der Waals surface area contributed by atoms with Gasteiger partial charge >= 0.3 is 0 Å². The Kier molecular flexibility index (Phi) is 3.22. The summed E-state index contributed by atoms with van der Waals surface area (Å²) in [5.41, 5.74) is 7.24. The number of hydrogen-bond donors (Lipinski definition) is 1. The maximum Gasteiger partial charge on any atom is 0.129 e. The lowest BCUT2D eigenvalue weighted by Gasteiger charge is -2.12. The molecule has 0 aliphatic rings. The number of hydrogen-bond acceptors (Lipinski definition) is 2. The fourth-order valence-electron chi connectivity index (χ4n) is 1.71. The average Bonchev–Trinajstić information content (AvgIpc) is 2.59. The zero-order chi connectivity index (χ0) is 12.6. The van der Waals surface area contributed by atoms with Crippen LogP contribution in [0.5, 0.6) is 0 Å². The molecule has 2 N–H and O–H groups in total. The molecule has 2 rings (SSSR count). The molecule has 0 saturated carbocycles. The number of furan rings is 1. The second-order valence-corrected chi connectivity index (χ2v) is 4.41. The van der Waals surface area contributed by atoms with Crippen LogP contribution in [0.3, 0.4) is 0 Å². The van der Waals surface area contributed by atoms with Gasteiger partial charge in [-0.1, -0.05) is 17.7 Å². The van der Waals surface area contributed by atoms with E-state index in [-0.39, 0.29) is 5.56 Å².